The Morgan fingerprint density at radius 2 is 2.12 bits per heavy atom. The van der Waals surface area contributed by atoms with Crippen molar-refractivity contribution in [3.8, 4) is 6.07 Å². The molecule has 1 heterocycles. The molecule has 2 aliphatic rings. The molecule has 1 saturated carbocycles. The average Bonchev–Trinajstić information content (AvgIpc) is 2.39. The second kappa shape index (κ2) is 5.68. The van der Waals surface area contributed by atoms with Gasteiger partial charge in [0.1, 0.15) is 0 Å². The second-order valence-corrected chi connectivity index (χ2v) is 5.56. The first-order valence-corrected chi connectivity index (χ1v) is 6.97. The van der Waals surface area contributed by atoms with Gasteiger partial charge in [-0.15, -0.1) is 0 Å². The zero-order valence-corrected chi connectivity index (χ0v) is 10.5. The van der Waals surface area contributed by atoms with Crippen LogP contribution in [0.15, 0.2) is 0 Å². The summed E-state index contributed by atoms with van der Waals surface area (Å²) in [5.41, 5.74) is 0. The zero-order valence-electron chi connectivity index (χ0n) is 10.5. The van der Waals surface area contributed by atoms with E-state index >= 15 is 0 Å². The topological polar surface area (TPSA) is 27.0 Å². The largest absolute Gasteiger partial charge is 0.299 e. The molecule has 90 valence electrons. The van der Waals surface area contributed by atoms with Gasteiger partial charge >= 0.3 is 0 Å². The molecular formula is C14H24N2. The van der Waals surface area contributed by atoms with Crippen molar-refractivity contribution in [1.82, 2.24) is 4.90 Å². The van der Waals surface area contributed by atoms with E-state index in [4.69, 9.17) is 5.26 Å². The summed E-state index contributed by atoms with van der Waals surface area (Å²) in [5, 5.41) is 9.03. The molecule has 16 heavy (non-hydrogen) atoms. The molecule has 0 amide bonds. The molecule has 3 unspecified atom stereocenters. The van der Waals surface area contributed by atoms with E-state index in [-0.39, 0.29) is 0 Å². The molecule has 2 rings (SSSR count). The Labute approximate surface area is 99.6 Å². The number of nitriles is 1. The first-order valence-electron chi connectivity index (χ1n) is 6.97. The molecule has 0 spiro atoms. The Balaban J connectivity index is 1.88. The van der Waals surface area contributed by atoms with Crippen molar-refractivity contribution in [2.24, 2.45) is 11.8 Å². The van der Waals surface area contributed by atoms with Gasteiger partial charge in [-0.2, -0.15) is 5.26 Å². The van der Waals surface area contributed by atoms with E-state index in [2.05, 4.69) is 17.9 Å². The lowest BCUT2D eigenvalue weighted by Crippen LogP contribution is -2.44. The van der Waals surface area contributed by atoms with Gasteiger partial charge in [-0.25, -0.2) is 0 Å². The second-order valence-electron chi connectivity index (χ2n) is 5.56. The first kappa shape index (κ1) is 11.9. The fraction of sp³-hybridized carbons (Fsp3) is 0.929. The lowest BCUT2D eigenvalue weighted by atomic mass is 9.82. The standard InChI is InChI=1S/C14H24N2/c1-2-12-5-3-7-14(9-12)16-8-4-6-13(10-15)11-16/h12-14H,2-9,11H2,1H3. The van der Waals surface area contributed by atoms with Crippen molar-refractivity contribution in [1.29, 1.82) is 5.26 Å². The Morgan fingerprint density at radius 3 is 2.88 bits per heavy atom. The Morgan fingerprint density at radius 1 is 1.25 bits per heavy atom. The fourth-order valence-corrected chi connectivity index (χ4v) is 3.41. The van der Waals surface area contributed by atoms with Crippen LogP contribution < -0.4 is 0 Å². The molecule has 1 aliphatic carbocycles. The Hall–Kier alpha value is -0.550. The van der Waals surface area contributed by atoms with E-state index < -0.39 is 0 Å². The maximum absolute atomic E-state index is 9.03. The molecule has 0 bridgehead atoms. The monoisotopic (exact) mass is 220 g/mol. The number of piperidine rings is 1. The summed E-state index contributed by atoms with van der Waals surface area (Å²) in [4.78, 5) is 2.61. The maximum Gasteiger partial charge on any atom is 0.0669 e. The van der Waals surface area contributed by atoms with Crippen molar-refractivity contribution < 1.29 is 0 Å². The predicted molar refractivity (Wildman–Crippen MR) is 65.9 cm³/mol. The molecule has 2 nitrogen and oxygen atoms in total. The van der Waals surface area contributed by atoms with Crippen LogP contribution in [0.4, 0.5) is 0 Å². The van der Waals surface area contributed by atoms with Crippen LogP contribution in [0.5, 0.6) is 0 Å². The van der Waals surface area contributed by atoms with Gasteiger partial charge in [0, 0.05) is 12.6 Å². The van der Waals surface area contributed by atoms with Crippen LogP contribution in [-0.2, 0) is 0 Å². The number of hydrogen-bond donors (Lipinski definition) is 0. The Bertz CT molecular complexity index is 256. The molecule has 0 aromatic heterocycles. The summed E-state index contributed by atoms with van der Waals surface area (Å²) in [6.07, 6.45) is 9.27. The minimum absolute atomic E-state index is 0.302. The van der Waals surface area contributed by atoms with Crippen LogP contribution in [-0.4, -0.2) is 24.0 Å². The van der Waals surface area contributed by atoms with Crippen molar-refractivity contribution in [2.45, 2.75) is 57.9 Å². The molecule has 2 heteroatoms. The number of hydrogen-bond acceptors (Lipinski definition) is 2. The number of nitrogens with zero attached hydrogens (tertiary/aromatic N) is 2. The van der Waals surface area contributed by atoms with Crippen LogP contribution in [0.3, 0.4) is 0 Å². The zero-order chi connectivity index (χ0) is 11.4. The van der Waals surface area contributed by atoms with Gasteiger partial charge in [-0.1, -0.05) is 26.2 Å². The predicted octanol–water partition coefficient (Wildman–Crippen LogP) is 3.19. The van der Waals surface area contributed by atoms with E-state index in [0.717, 1.165) is 24.9 Å². The normalized spacial score (nSPS) is 36.9. The third-order valence-corrected chi connectivity index (χ3v) is 4.48. The highest BCUT2D eigenvalue weighted by molar-refractivity contribution is 4.91. The first-order chi connectivity index (χ1) is 7.83. The molecular weight excluding hydrogens is 196 g/mol. The average molecular weight is 220 g/mol. The van der Waals surface area contributed by atoms with E-state index in [1.807, 2.05) is 0 Å². The minimum atomic E-state index is 0.302. The van der Waals surface area contributed by atoms with Gasteiger partial charge in [0.05, 0.1) is 12.0 Å². The summed E-state index contributed by atoms with van der Waals surface area (Å²) in [6.45, 7) is 4.60. The van der Waals surface area contributed by atoms with Crippen molar-refractivity contribution in [3.05, 3.63) is 0 Å². The van der Waals surface area contributed by atoms with Crippen molar-refractivity contribution in [3.63, 3.8) is 0 Å². The van der Waals surface area contributed by atoms with Crippen molar-refractivity contribution in [2.75, 3.05) is 13.1 Å². The molecule has 0 N–H and O–H groups in total. The van der Waals surface area contributed by atoms with E-state index in [1.54, 1.807) is 0 Å². The van der Waals surface area contributed by atoms with Gasteiger partial charge in [0.15, 0.2) is 0 Å². The van der Waals surface area contributed by atoms with Gasteiger partial charge in [0.25, 0.3) is 0 Å². The fourth-order valence-electron chi connectivity index (χ4n) is 3.41. The van der Waals surface area contributed by atoms with Crippen LogP contribution >= 0.6 is 0 Å². The molecule has 1 aliphatic heterocycles. The maximum atomic E-state index is 9.03. The summed E-state index contributed by atoms with van der Waals surface area (Å²) < 4.78 is 0. The molecule has 1 saturated heterocycles. The highest BCUT2D eigenvalue weighted by Crippen LogP contribution is 2.31. The summed E-state index contributed by atoms with van der Waals surface area (Å²) in [6, 6.07) is 3.24. The Kier molecular flexibility index (Phi) is 4.23. The molecule has 2 fully saturated rings. The van der Waals surface area contributed by atoms with Crippen LogP contribution in [0, 0.1) is 23.2 Å². The summed E-state index contributed by atoms with van der Waals surface area (Å²) in [7, 11) is 0. The van der Waals surface area contributed by atoms with Gasteiger partial charge in [-0.05, 0) is 38.1 Å². The lowest BCUT2D eigenvalue weighted by Gasteiger charge is -2.40. The number of likely N-dealkylation sites (tertiary alicyclic amines) is 1. The molecule has 0 radical (unpaired) electrons. The van der Waals surface area contributed by atoms with E-state index in [9.17, 15) is 0 Å². The van der Waals surface area contributed by atoms with Crippen LogP contribution in [0.1, 0.15) is 51.9 Å². The third kappa shape index (κ3) is 2.77. The SMILES string of the molecule is CCC1CCCC(N2CCCC(C#N)C2)C1. The van der Waals surface area contributed by atoms with Gasteiger partial charge < -0.3 is 0 Å². The molecule has 3 atom stereocenters. The summed E-state index contributed by atoms with van der Waals surface area (Å²) >= 11 is 0. The van der Waals surface area contributed by atoms with E-state index in [1.165, 1.54) is 45.1 Å². The van der Waals surface area contributed by atoms with Gasteiger partial charge in [0.2, 0.25) is 0 Å². The summed E-state index contributed by atoms with van der Waals surface area (Å²) in [5.74, 6) is 1.25. The van der Waals surface area contributed by atoms with Crippen molar-refractivity contribution >= 4 is 0 Å². The molecule has 0 aromatic rings. The smallest absolute Gasteiger partial charge is 0.0669 e. The quantitative estimate of drug-likeness (QED) is 0.714. The third-order valence-electron chi connectivity index (χ3n) is 4.48. The van der Waals surface area contributed by atoms with E-state index in [0.29, 0.717) is 5.92 Å². The van der Waals surface area contributed by atoms with Crippen LogP contribution in [0.2, 0.25) is 0 Å². The van der Waals surface area contributed by atoms with Crippen LogP contribution in [0.25, 0.3) is 0 Å². The highest BCUT2D eigenvalue weighted by atomic mass is 15.2. The van der Waals surface area contributed by atoms with Gasteiger partial charge in [-0.3, -0.25) is 4.90 Å². The number of rotatable bonds is 2. The minimum Gasteiger partial charge on any atom is -0.299 e. The lowest BCUT2D eigenvalue weighted by molar-refractivity contribution is 0.0937. The molecule has 0 aromatic carbocycles. The highest BCUT2D eigenvalue weighted by Gasteiger charge is 2.29.